The van der Waals surface area contributed by atoms with E-state index >= 15 is 0 Å². The molecule has 2 aromatic carbocycles. The van der Waals surface area contributed by atoms with Crippen molar-refractivity contribution in [2.24, 2.45) is 0 Å². The summed E-state index contributed by atoms with van der Waals surface area (Å²) in [6.07, 6.45) is 1.00. The highest BCUT2D eigenvalue weighted by Gasteiger charge is 2.17. The van der Waals surface area contributed by atoms with Crippen LogP contribution in [0.5, 0.6) is 0 Å². The first-order chi connectivity index (χ1) is 13.1. The molecule has 2 heterocycles. The molecule has 0 atom stereocenters. The van der Waals surface area contributed by atoms with Crippen molar-refractivity contribution in [1.82, 2.24) is 20.0 Å². The van der Waals surface area contributed by atoms with Gasteiger partial charge < -0.3 is 5.73 Å². The van der Waals surface area contributed by atoms with Crippen molar-refractivity contribution >= 4 is 17.2 Å². The van der Waals surface area contributed by atoms with Crippen molar-refractivity contribution in [2.75, 3.05) is 5.73 Å². The van der Waals surface area contributed by atoms with E-state index < -0.39 is 0 Å². The number of aromatic nitrogens is 4. The summed E-state index contributed by atoms with van der Waals surface area (Å²) in [6, 6.07) is 13.2. The van der Waals surface area contributed by atoms with Crippen LogP contribution in [0.15, 0.2) is 47.8 Å². The molecule has 0 aliphatic carbocycles. The fourth-order valence-electron chi connectivity index (χ4n) is 2.77. The minimum absolute atomic E-state index is 0.309. The summed E-state index contributed by atoms with van der Waals surface area (Å²) in [6.45, 7) is 3.83. The van der Waals surface area contributed by atoms with E-state index in [1.165, 1.54) is 27.6 Å². The Morgan fingerprint density at radius 1 is 1.15 bits per heavy atom. The number of rotatable bonds is 4. The summed E-state index contributed by atoms with van der Waals surface area (Å²) in [7, 11) is 0. The summed E-state index contributed by atoms with van der Waals surface area (Å²) < 4.78 is 15.3. The molecule has 0 spiro atoms. The SMILES string of the molecule is CCc1ccc(-c2csc(-c3nnn(-c4ccc(C)c(F)c4)c3N)n2)cc1. The molecule has 0 aliphatic rings. The van der Waals surface area contributed by atoms with Crippen molar-refractivity contribution < 1.29 is 4.39 Å². The molecule has 2 aromatic heterocycles. The van der Waals surface area contributed by atoms with Crippen LogP contribution in [0.25, 0.3) is 27.6 Å². The van der Waals surface area contributed by atoms with E-state index in [0.717, 1.165) is 17.7 Å². The Morgan fingerprint density at radius 2 is 1.93 bits per heavy atom. The number of halogens is 1. The van der Waals surface area contributed by atoms with Crippen molar-refractivity contribution in [3.63, 3.8) is 0 Å². The molecule has 2 N–H and O–H groups in total. The van der Waals surface area contributed by atoms with Crippen LogP contribution >= 0.6 is 11.3 Å². The van der Waals surface area contributed by atoms with Gasteiger partial charge in [-0.15, -0.1) is 16.4 Å². The predicted octanol–water partition coefficient (Wildman–Crippen LogP) is 4.65. The maximum atomic E-state index is 13.9. The Morgan fingerprint density at radius 3 is 2.63 bits per heavy atom. The number of hydrogen-bond acceptors (Lipinski definition) is 5. The number of hydrogen-bond donors (Lipinski definition) is 1. The highest BCUT2D eigenvalue weighted by Crippen LogP contribution is 2.31. The smallest absolute Gasteiger partial charge is 0.165 e. The number of nitrogen functional groups attached to an aromatic ring is 1. The zero-order chi connectivity index (χ0) is 19.0. The average molecular weight is 379 g/mol. The third-order valence-corrected chi connectivity index (χ3v) is 5.32. The molecule has 0 bridgehead atoms. The Hall–Kier alpha value is -3.06. The van der Waals surface area contributed by atoms with E-state index in [1.807, 2.05) is 5.38 Å². The lowest BCUT2D eigenvalue weighted by Gasteiger charge is -2.04. The van der Waals surface area contributed by atoms with Gasteiger partial charge in [-0.05, 0) is 36.6 Å². The molecule has 7 heteroatoms. The minimum atomic E-state index is -0.309. The second-order valence-electron chi connectivity index (χ2n) is 6.26. The first kappa shape index (κ1) is 17.4. The molecular formula is C20H18FN5S. The van der Waals surface area contributed by atoms with Crippen molar-refractivity contribution in [3.8, 4) is 27.6 Å². The van der Waals surface area contributed by atoms with Crippen LogP contribution in [0.2, 0.25) is 0 Å². The summed E-state index contributed by atoms with van der Waals surface area (Å²) >= 11 is 1.45. The summed E-state index contributed by atoms with van der Waals surface area (Å²) in [5.74, 6) is 0.0245. The standard InChI is InChI=1S/C20H18FN5S/c1-3-13-5-7-14(8-6-13)17-11-27-20(23-17)18-19(22)26(25-24-18)15-9-4-12(2)16(21)10-15/h4-11H,3,22H2,1-2H3. The lowest BCUT2D eigenvalue weighted by Crippen LogP contribution is -2.03. The molecule has 4 rings (SSSR count). The monoisotopic (exact) mass is 379 g/mol. The molecule has 27 heavy (non-hydrogen) atoms. The summed E-state index contributed by atoms with van der Waals surface area (Å²) in [5, 5.41) is 10.9. The number of benzene rings is 2. The van der Waals surface area contributed by atoms with Crippen molar-refractivity contribution in [1.29, 1.82) is 0 Å². The van der Waals surface area contributed by atoms with E-state index in [1.54, 1.807) is 19.1 Å². The van der Waals surface area contributed by atoms with Crippen LogP contribution in [0.4, 0.5) is 10.2 Å². The average Bonchev–Trinajstić information content (AvgIpc) is 3.31. The predicted molar refractivity (Wildman–Crippen MR) is 106 cm³/mol. The van der Waals surface area contributed by atoms with E-state index in [-0.39, 0.29) is 5.82 Å². The van der Waals surface area contributed by atoms with Crippen molar-refractivity contribution in [2.45, 2.75) is 20.3 Å². The molecule has 0 fully saturated rings. The summed E-state index contributed by atoms with van der Waals surface area (Å²) in [4.78, 5) is 4.65. The first-order valence-corrected chi connectivity index (χ1v) is 9.47. The lowest BCUT2D eigenvalue weighted by molar-refractivity contribution is 0.616. The topological polar surface area (TPSA) is 69.6 Å². The minimum Gasteiger partial charge on any atom is -0.382 e. The molecule has 0 unspecified atom stereocenters. The van der Waals surface area contributed by atoms with Crippen molar-refractivity contribution in [3.05, 3.63) is 64.8 Å². The van der Waals surface area contributed by atoms with Crippen LogP contribution in [0.3, 0.4) is 0 Å². The maximum absolute atomic E-state index is 13.9. The van der Waals surface area contributed by atoms with Gasteiger partial charge in [0.05, 0.1) is 11.4 Å². The molecule has 5 nitrogen and oxygen atoms in total. The Balaban J connectivity index is 1.67. The van der Waals surface area contributed by atoms with Gasteiger partial charge in [0.15, 0.2) is 11.5 Å². The number of anilines is 1. The fourth-order valence-corrected chi connectivity index (χ4v) is 3.59. The van der Waals surface area contributed by atoms with E-state index in [2.05, 4.69) is 46.5 Å². The third-order valence-electron chi connectivity index (χ3n) is 4.47. The van der Waals surface area contributed by atoms with Gasteiger partial charge in [-0.3, -0.25) is 0 Å². The Bertz CT molecular complexity index is 1100. The largest absolute Gasteiger partial charge is 0.382 e. The van der Waals surface area contributed by atoms with Gasteiger partial charge in [-0.25, -0.2) is 9.37 Å². The molecular weight excluding hydrogens is 361 g/mol. The van der Waals surface area contributed by atoms with Gasteiger partial charge in [-0.2, -0.15) is 4.68 Å². The molecule has 0 aliphatic heterocycles. The zero-order valence-electron chi connectivity index (χ0n) is 15.0. The fraction of sp³-hybridized carbons (Fsp3) is 0.150. The van der Waals surface area contributed by atoms with Gasteiger partial charge in [0, 0.05) is 10.9 Å². The number of nitrogens with zero attached hydrogens (tertiary/aromatic N) is 4. The van der Waals surface area contributed by atoms with Gasteiger partial charge >= 0.3 is 0 Å². The zero-order valence-corrected chi connectivity index (χ0v) is 15.8. The first-order valence-electron chi connectivity index (χ1n) is 8.59. The van der Waals surface area contributed by atoms with Gasteiger partial charge in [0.25, 0.3) is 0 Å². The Kier molecular flexibility index (Phi) is 4.45. The normalized spacial score (nSPS) is 11.1. The van der Waals surface area contributed by atoms with E-state index in [4.69, 9.17) is 5.73 Å². The molecule has 0 amide bonds. The van der Waals surface area contributed by atoms with Gasteiger partial charge in [-0.1, -0.05) is 42.5 Å². The number of nitrogens with two attached hydrogens (primary N) is 1. The highest BCUT2D eigenvalue weighted by molar-refractivity contribution is 7.13. The number of aryl methyl sites for hydroxylation is 2. The number of thiazole rings is 1. The quantitative estimate of drug-likeness (QED) is 0.560. The second-order valence-corrected chi connectivity index (χ2v) is 7.12. The molecule has 0 radical (unpaired) electrons. The van der Waals surface area contributed by atoms with Crippen LogP contribution in [-0.2, 0) is 6.42 Å². The second kappa shape index (κ2) is 6.92. The Labute approximate surface area is 160 Å². The third kappa shape index (κ3) is 3.21. The molecule has 0 saturated carbocycles. The lowest BCUT2D eigenvalue weighted by atomic mass is 10.1. The molecule has 4 aromatic rings. The van der Waals surface area contributed by atoms with E-state index in [0.29, 0.717) is 27.8 Å². The van der Waals surface area contributed by atoms with Crippen LogP contribution in [0.1, 0.15) is 18.1 Å². The van der Waals surface area contributed by atoms with E-state index in [9.17, 15) is 4.39 Å². The molecule has 136 valence electrons. The van der Waals surface area contributed by atoms with Gasteiger partial charge in [0.1, 0.15) is 10.8 Å². The molecule has 0 saturated heterocycles. The maximum Gasteiger partial charge on any atom is 0.165 e. The van der Waals surface area contributed by atoms with Crippen LogP contribution in [-0.4, -0.2) is 20.0 Å². The van der Waals surface area contributed by atoms with Crippen LogP contribution in [0, 0.1) is 12.7 Å². The van der Waals surface area contributed by atoms with Crippen LogP contribution < -0.4 is 5.73 Å². The highest BCUT2D eigenvalue weighted by atomic mass is 32.1. The van der Waals surface area contributed by atoms with Gasteiger partial charge in [0.2, 0.25) is 0 Å². The summed E-state index contributed by atoms with van der Waals surface area (Å²) in [5.41, 5.74) is 11.0.